The first-order chi connectivity index (χ1) is 16.0. The highest BCUT2D eigenvalue weighted by atomic mass is 35.5. The maximum Gasteiger partial charge on any atom is 0.225 e. The van der Waals surface area contributed by atoms with Gasteiger partial charge in [0.05, 0.1) is 12.0 Å². The van der Waals surface area contributed by atoms with Crippen LogP contribution in [0.15, 0.2) is 102 Å². The fourth-order valence-corrected chi connectivity index (χ4v) is 5.15. The quantitative estimate of drug-likeness (QED) is 0.346. The average molecular weight is 471 g/mol. The van der Waals surface area contributed by atoms with E-state index in [0.717, 1.165) is 16.5 Å². The lowest BCUT2D eigenvalue weighted by Gasteiger charge is -2.45. The van der Waals surface area contributed by atoms with Crippen LogP contribution in [0.1, 0.15) is 23.1 Å². The van der Waals surface area contributed by atoms with Gasteiger partial charge in [0, 0.05) is 46.1 Å². The number of rotatable bonds is 3. The van der Waals surface area contributed by atoms with Crippen molar-refractivity contribution in [3.05, 3.63) is 118 Å². The van der Waals surface area contributed by atoms with Gasteiger partial charge in [-0.25, -0.2) is 0 Å². The second kappa shape index (κ2) is 8.45. The summed E-state index contributed by atoms with van der Waals surface area (Å²) in [6.07, 6.45) is 5.31. The van der Waals surface area contributed by atoms with Crippen LogP contribution in [0.3, 0.4) is 0 Å². The highest BCUT2D eigenvalue weighted by Crippen LogP contribution is 2.46. The Hall–Kier alpha value is -3.50. The Bertz CT molecular complexity index is 1400. The lowest BCUT2D eigenvalue weighted by molar-refractivity contribution is -0.720. The summed E-state index contributed by atoms with van der Waals surface area (Å²) in [5.74, 6) is -0.547. The zero-order valence-electron chi connectivity index (χ0n) is 17.4. The van der Waals surface area contributed by atoms with Crippen LogP contribution in [-0.4, -0.2) is 10.1 Å². The first-order valence-electron chi connectivity index (χ1n) is 10.4. The second-order valence-electron chi connectivity index (χ2n) is 7.94. The van der Waals surface area contributed by atoms with Crippen molar-refractivity contribution in [2.24, 2.45) is 0 Å². The number of hydrogen-bond donors (Lipinski definition) is 2. The van der Waals surface area contributed by atoms with Gasteiger partial charge >= 0.3 is 0 Å². The monoisotopic (exact) mass is 470 g/mol. The van der Waals surface area contributed by atoms with Crippen LogP contribution in [0.4, 0.5) is 0 Å². The minimum absolute atomic E-state index is 0.220. The second-order valence-corrected chi connectivity index (χ2v) is 8.78. The number of benzene rings is 2. The normalized spacial score (nSPS) is 22.6. The summed E-state index contributed by atoms with van der Waals surface area (Å²) >= 11 is 11.8. The van der Waals surface area contributed by atoms with Crippen LogP contribution < -0.4 is 9.88 Å². The minimum atomic E-state index is -1.60. The highest BCUT2D eigenvalue weighted by Gasteiger charge is 2.54. The first-order valence-corrected chi connectivity index (χ1v) is 11.2. The van der Waals surface area contributed by atoms with E-state index in [1.165, 1.54) is 0 Å². The number of nitrogens with zero attached hydrogens (tertiary/aromatic N) is 3. The summed E-state index contributed by atoms with van der Waals surface area (Å²) in [4.78, 5) is 4.28. The van der Waals surface area contributed by atoms with Crippen molar-refractivity contribution in [2.45, 2.75) is 17.7 Å². The summed E-state index contributed by atoms with van der Waals surface area (Å²) in [5.41, 5.74) is 1.07. The van der Waals surface area contributed by atoms with Gasteiger partial charge in [-0.2, -0.15) is 9.83 Å². The molecule has 1 aliphatic rings. The molecule has 2 aromatic carbocycles. The highest BCUT2D eigenvalue weighted by molar-refractivity contribution is 7.63. The molecule has 0 amide bonds. The SMILES string of the molecule is N#CC1=C([S-])NC(O)(c2ccccc2)C([n+]2cccc3cc(Cl)ccc32)C1c1cccnc1. The molecule has 0 spiro atoms. The molecule has 0 bridgehead atoms. The molecule has 5 nitrogen and oxygen atoms in total. The number of aliphatic hydroxyl groups is 1. The number of pyridine rings is 2. The molecule has 0 saturated heterocycles. The van der Waals surface area contributed by atoms with Crippen molar-refractivity contribution in [1.82, 2.24) is 10.3 Å². The van der Waals surface area contributed by atoms with Gasteiger partial charge in [-0.05, 0) is 29.8 Å². The van der Waals surface area contributed by atoms with E-state index in [9.17, 15) is 10.4 Å². The Labute approximate surface area is 202 Å². The molecule has 0 aliphatic carbocycles. The third-order valence-electron chi connectivity index (χ3n) is 6.07. The van der Waals surface area contributed by atoms with Crippen molar-refractivity contribution in [3.8, 4) is 6.07 Å². The van der Waals surface area contributed by atoms with Crippen molar-refractivity contribution in [3.63, 3.8) is 0 Å². The van der Waals surface area contributed by atoms with Crippen LogP contribution in [0.25, 0.3) is 10.9 Å². The Kier molecular flexibility index (Phi) is 5.47. The molecule has 4 aromatic rings. The van der Waals surface area contributed by atoms with Crippen molar-refractivity contribution in [2.75, 3.05) is 0 Å². The van der Waals surface area contributed by atoms with E-state index in [-0.39, 0.29) is 5.03 Å². The van der Waals surface area contributed by atoms with Crippen LogP contribution in [0.2, 0.25) is 5.02 Å². The topological polar surface area (TPSA) is 72.8 Å². The molecule has 3 atom stereocenters. The molecule has 5 rings (SSSR count). The lowest BCUT2D eigenvalue weighted by Crippen LogP contribution is -2.62. The molecular weight excluding hydrogens is 452 g/mol. The predicted molar refractivity (Wildman–Crippen MR) is 129 cm³/mol. The van der Waals surface area contributed by atoms with E-state index in [4.69, 9.17) is 24.2 Å². The van der Waals surface area contributed by atoms with Gasteiger partial charge in [0.2, 0.25) is 17.3 Å². The Morgan fingerprint density at radius 3 is 2.64 bits per heavy atom. The summed E-state index contributed by atoms with van der Waals surface area (Å²) < 4.78 is 1.99. The molecule has 162 valence electrons. The maximum absolute atomic E-state index is 12.3. The zero-order valence-corrected chi connectivity index (χ0v) is 19.0. The van der Waals surface area contributed by atoms with Crippen molar-refractivity contribution >= 4 is 35.1 Å². The van der Waals surface area contributed by atoms with E-state index in [0.29, 0.717) is 16.2 Å². The number of allylic oxidation sites excluding steroid dienone is 1. The summed E-state index contributed by atoms with van der Waals surface area (Å²) in [7, 11) is 0. The molecule has 3 heterocycles. The van der Waals surface area contributed by atoms with E-state index >= 15 is 0 Å². The number of hydrogen-bond acceptors (Lipinski definition) is 5. The van der Waals surface area contributed by atoms with E-state index < -0.39 is 17.7 Å². The largest absolute Gasteiger partial charge is 0.762 e. The van der Waals surface area contributed by atoms with Gasteiger partial charge in [-0.1, -0.05) is 53.0 Å². The van der Waals surface area contributed by atoms with E-state index in [1.807, 2.05) is 83.6 Å². The Morgan fingerprint density at radius 2 is 1.91 bits per heavy atom. The number of fused-ring (bicyclic) bond motifs is 1. The molecular formula is C26H19ClN4OS. The van der Waals surface area contributed by atoms with Crippen LogP contribution in [-0.2, 0) is 18.4 Å². The molecule has 2 aromatic heterocycles. The average Bonchev–Trinajstić information content (AvgIpc) is 2.84. The smallest absolute Gasteiger partial charge is 0.225 e. The van der Waals surface area contributed by atoms with Gasteiger partial charge in [0.1, 0.15) is 0 Å². The first kappa shape index (κ1) is 21.4. The third kappa shape index (κ3) is 3.61. The van der Waals surface area contributed by atoms with Gasteiger partial charge < -0.3 is 23.1 Å². The number of halogens is 1. The lowest BCUT2D eigenvalue weighted by atomic mass is 9.75. The summed E-state index contributed by atoms with van der Waals surface area (Å²) in [6, 6.07) is 24.2. The fraction of sp³-hybridized carbons (Fsp3) is 0.115. The van der Waals surface area contributed by atoms with Crippen molar-refractivity contribution in [1.29, 1.82) is 5.26 Å². The van der Waals surface area contributed by atoms with Gasteiger partial charge in [0.25, 0.3) is 0 Å². The van der Waals surface area contributed by atoms with Crippen molar-refractivity contribution < 1.29 is 9.67 Å². The maximum atomic E-state index is 12.3. The predicted octanol–water partition coefficient (Wildman–Crippen LogP) is 4.23. The number of nitrogens with one attached hydrogen (secondary N) is 1. The minimum Gasteiger partial charge on any atom is -0.762 e. The van der Waals surface area contributed by atoms with E-state index in [1.54, 1.807) is 12.4 Å². The standard InChI is InChI=1S/C26H19ClN4OS/c27-20-10-11-22-17(14-20)7-5-13-31(22)24-23(18-6-4-12-29-16-18)21(15-28)25(33)30-26(24,32)19-8-2-1-3-9-19/h1-14,16,23-24,30,32H. The van der Waals surface area contributed by atoms with Gasteiger partial charge in [-0.15, -0.1) is 0 Å². The third-order valence-corrected chi connectivity index (χ3v) is 6.63. The number of nitriles is 1. The van der Waals surface area contributed by atoms with Crippen LogP contribution >= 0.6 is 11.6 Å². The fourth-order valence-electron chi connectivity index (χ4n) is 4.64. The molecule has 3 unspecified atom stereocenters. The molecule has 0 radical (unpaired) electrons. The number of aromatic nitrogens is 2. The van der Waals surface area contributed by atoms with Crippen LogP contribution in [0, 0.1) is 11.3 Å². The Morgan fingerprint density at radius 1 is 1.09 bits per heavy atom. The van der Waals surface area contributed by atoms with E-state index in [2.05, 4.69) is 16.4 Å². The molecule has 0 fully saturated rings. The molecule has 33 heavy (non-hydrogen) atoms. The molecule has 1 aliphatic heterocycles. The van der Waals surface area contributed by atoms with Gasteiger partial charge in [0.15, 0.2) is 6.20 Å². The Balaban J connectivity index is 1.86. The van der Waals surface area contributed by atoms with Crippen LogP contribution in [0.5, 0.6) is 0 Å². The zero-order chi connectivity index (χ0) is 23.0. The molecule has 2 N–H and O–H groups in total. The summed E-state index contributed by atoms with van der Waals surface area (Å²) in [5, 5.41) is 27.3. The summed E-state index contributed by atoms with van der Waals surface area (Å²) in [6.45, 7) is 0. The van der Waals surface area contributed by atoms with Gasteiger partial charge in [-0.3, -0.25) is 4.98 Å². The molecule has 0 saturated carbocycles. The molecule has 7 heteroatoms.